The normalized spacial score (nSPS) is 20.6. The van der Waals surface area contributed by atoms with Crippen molar-refractivity contribution >= 4 is 10.0 Å². The number of benzene rings is 1. The van der Waals surface area contributed by atoms with Crippen molar-refractivity contribution in [1.29, 1.82) is 0 Å². The lowest BCUT2D eigenvalue weighted by molar-refractivity contribution is -0.274. The summed E-state index contributed by atoms with van der Waals surface area (Å²) in [6, 6.07) is 5.81. The molecule has 9 heteroatoms. The molecular formula is C16H21F3N2O3S. The summed E-state index contributed by atoms with van der Waals surface area (Å²) < 4.78 is 67.0. The highest BCUT2D eigenvalue weighted by molar-refractivity contribution is 7.90. The van der Waals surface area contributed by atoms with Gasteiger partial charge in [0.15, 0.2) is 0 Å². The third-order valence-corrected chi connectivity index (χ3v) is 6.46. The van der Waals surface area contributed by atoms with Gasteiger partial charge in [-0.3, -0.25) is 4.90 Å². The number of hydrogen-bond donors (Lipinski definition) is 1. The Morgan fingerprint density at radius 2 is 1.68 bits per heavy atom. The lowest BCUT2D eigenvalue weighted by Gasteiger charge is -2.32. The molecule has 0 radical (unpaired) electrons. The number of sulfonamides is 1. The van der Waals surface area contributed by atoms with Crippen LogP contribution in [-0.4, -0.2) is 44.1 Å². The third-order valence-electron chi connectivity index (χ3n) is 4.44. The summed E-state index contributed by atoms with van der Waals surface area (Å²) in [6.07, 6.45) is -1.70. The first-order chi connectivity index (χ1) is 11.7. The van der Waals surface area contributed by atoms with Crippen LogP contribution in [-0.2, 0) is 16.6 Å². The molecule has 3 rings (SSSR count). The van der Waals surface area contributed by atoms with Gasteiger partial charge in [-0.2, -0.15) is 0 Å². The Morgan fingerprint density at radius 3 is 2.20 bits per heavy atom. The monoisotopic (exact) mass is 378 g/mol. The number of nitrogens with zero attached hydrogens (tertiary/aromatic N) is 1. The van der Waals surface area contributed by atoms with Gasteiger partial charge in [0.25, 0.3) is 0 Å². The number of rotatable bonds is 6. The number of ether oxygens (including phenoxy) is 1. The molecule has 5 nitrogen and oxygen atoms in total. The van der Waals surface area contributed by atoms with Crippen LogP contribution < -0.4 is 9.46 Å². The van der Waals surface area contributed by atoms with Crippen molar-refractivity contribution in [3.05, 3.63) is 29.8 Å². The molecule has 0 amide bonds. The van der Waals surface area contributed by atoms with Gasteiger partial charge >= 0.3 is 6.36 Å². The van der Waals surface area contributed by atoms with Crippen LogP contribution in [0, 0.1) is 0 Å². The molecule has 0 atom stereocenters. The fourth-order valence-electron chi connectivity index (χ4n) is 2.97. The fraction of sp³-hybridized carbons (Fsp3) is 0.625. The maximum absolute atomic E-state index is 12.1. The second-order valence-electron chi connectivity index (χ2n) is 6.60. The first-order valence-corrected chi connectivity index (χ1v) is 9.84. The lowest BCUT2D eigenvalue weighted by atomic mass is 10.1. The molecule has 0 bridgehead atoms. The van der Waals surface area contributed by atoms with Crippen molar-refractivity contribution in [1.82, 2.24) is 9.62 Å². The maximum atomic E-state index is 12.1. The van der Waals surface area contributed by atoms with Crippen LogP contribution in [0.4, 0.5) is 13.2 Å². The summed E-state index contributed by atoms with van der Waals surface area (Å²) >= 11 is 0. The van der Waals surface area contributed by atoms with Crippen molar-refractivity contribution in [2.75, 3.05) is 13.1 Å². The Balaban J connectivity index is 1.45. The van der Waals surface area contributed by atoms with E-state index in [0.717, 1.165) is 44.3 Å². The highest BCUT2D eigenvalue weighted by atomic mass is 32.2. The number of piperidine rings is 1. The van der Waals surface area contributed by atoms with Crippen molar-refractivity contribution in [3.8, 4) is 5.75 Å². The average Bonchev–Trinajstić information content (AvgIpc) is 3.35. The Labute approximate surface area is 145 Å². The standard InChI is InChI=1S/C16H21F3N2O3S/c17-16(18,19)24-14-3-1-12(2-4-14)11-21-9-7-13(8-10-21)20-25(22,23)15-5-6-15/h1-4,13,15,20H,5-11H2. The molecular weight excluding hydrogens is 357 g/mol. The van der Waals surface area contributed by atoms with E-state index in [1.54, 1.807) is 12.1 Å². The number of nitrogens with one attached hydrogen (secondary N) is 1. The Morgan fingerprint density at radius 1 is 1.08 bits per heavy atom. The van der Waals surface area contributed by atoms with Crippen LogP contribution in [0.2, 0.25) is 0 Å². The lowest BCUT2D eigenvalue weighted by Crippen LogP contribution is -2.45. The molecule has 25 heavy (non-hydrogen) atoms. The highest BCUT2D eigenvalue weighted by Crippen LogP contribution is 2.28. The molecule has 0 unspecified atom stereocenters. The molecule has 1 N–H and O–H groups in total. The van der Waals surface area contributed by atoms with E-state index in [1.165, 1.54) is 12.1 Å². The maximum Gasteiger partial charge on any atom is 0.573 e. The van der Waals surface area contributed by atoms with Gasteiger partial charge in [-0.05, 0) is 43.4 Å². The van der Waals surface area contributed by atoms with Crippen molar-refractivity contribution < 1.29 is 26.3 Å². The third kappa shape index (κ3) is 5.58. The van der Waals surface area contributed by atoms with Crippen molar-refractivity contribution in [2.24, 2.45) is 0 Å². The van der Waals surface area contributed by atoms with Crippen LogP contribution in [0.1, 0.15) is 31.2 Å². The second kappa shape index (κ2) is 7.13. The largest absolute Gasteiger partial charge is 0.573 e. The number of hydrogen-bond acceptors (Lipinski definition) is 4. The zero-order valence-electron chi connectivity index (χ0n) is 13.6. The smallest absolute Gasteiger partial charge is 0.406 e. The molecule has 1 aromatic carbocycles. The molecule has 2 fully saturated rings. The van der Waals surface area contributed by atoms with Gasteiger partial charge in [0.2, 0.25) is 10.0 Å². The Bertz CT molecular complexity index is 680. The average molecular weight is 378 g/mol. The minimum atomic E-state index is -4.68. The van der Waals surface area contributed by atoms with E-state index in [2.05, 4.69) is 14.4 Å². The number of alkyl halides is 3. The molecule has 1 saturated carbocycles. The number of likely N-dealkylation sites (tertiary alicyclic amines) is 1. The summed E-state index contributed by atoms with van der Waals surface area (Å²) in [5.41, 5.74) is 0.895. The van der Waals surface area contributed by atoms with Crippen LogP contribution >= 0.6 is 0 Å². The first kappa shape index (κ1) is 18.5. The molecule has 1 saturated heterocycles. The van der Waals surface area contributed by atoms with Gasteiger partial charge in [0.05, 0.1) is 5.25 Å². The molecule has 0 spiro atoms. The molecule has 0 aromatic heterocycles. The quantitative estimate of drug-likeness (QED) is 0.827. The minimum absolute atomic E-state index is 0.0237. The predicted octanol–water partition coefficient (Wildman–Crippen LogP) is 2.63. The Kier molecular flexibility index (Phi) is 5.26. The number of halogens is 3. The summed E-state index contributed by atoms with van der Waals surface area (Å²) in [6.45, 7) is 2.12. The molecule has 1 heterocycles. The highest BCUT2D eigenvalue weighted by Gasteiger charge is 2.37. The first-order valence-electron chi connectivity index (χ1n) is 8.29. The van der Waals surface area contributed by atoms with E-state index in [4.69, 9.17) is 0 Å². The van der Waals surface area contributed by atoms with Gasteiger partial charge in [-0.1, -0.05) is 12.1 Å². The summed E-state index contributed by atoms with van der Waals surface area (Å²) in [5, 5.41) is -0.206. The van der Waals surface area contributed by atoms with E-state index in [1.807, 2.05) is 0 Å². The molecule has 140 valence electrons. The SMILES string of the molecule is O=S(=O)(NC1CCN(Cc2ccc(OC(F)(F)F)cc2)CC1)C1CC1. The minimum Gasteiger partial charge on any atom is -0.406 e. The van der Waals surface area contributed by atoms with E-state index in [9.17, 15) is 21.6 Å². The van der Waals surface area contributed by atoms with E-state index >= 15 is 0 Å². The van der Waals surface area contributed by atoms with E-state index in [0.29, 0.717) is 6.54 Å². The zero-order valence-corrected chi connectivity index (χ0v) is 14.4. The van der Waals surface area contributed by atoms with Crippen LogP contribution in [0.5, 0.6) is 5.75 Å². The summed E-state index contributed by atoms with van der Waals surface area (Å²) in [5.74, 6) is -0.232. The van der Waals surface area contributed by atoms with Crippen molar-refractivity contribution in [3.63, 3.8) is 0 Å². The van der Waals surface area contributed by atoms with Gasteiger partial charge in [0.1, 0.15) is 5.75 Å². The van der Waals surface area contributed by atoms with Gasteiger partial charge in [-0.15, -0.1) is 13.2 Å². The summed E-state index contributed by atoms with van der Waals surface area (Å²) in [4.78, 5) is 2.17. The van der Waals surface area contributed by atoms with Crippen molar-refractivity contribution in [2.45, 2.75) is 49.9 Å². The van der Waals surface area contributed by atoms with Gasteiger partial charge in [0, 0.05) is 25.7 Å². The van der Waals surface area contributed by atoms with Crippen LogP contribution in [0.25, 0.3) is 0 Å². The fourth-order valence-corrected chi connectivity index (χ4v) is 4.62. The molecule has 1 aromatic rings. The van der Waals surface area contributed by atoms with Gasteiger partial charge in [-0.25, -0.2) is 13.1 Å². The predicted molar refractivity (Wildman–Crippen MR) is 86.5 cm³/mol. The Hall–Kier alpha value is -1.32. The van der Waals surface area contributed by atoms with Gasteiger partial charge < -0.3 is 4.74 Å². The van der Waals surface area contributed by atoms with Crippen LogP contribution in [0.15, 0.2) is 24.3 Å². The van der Waals surface area contributed by atoms with E-state index < -0.39 is 16.4 Å². The summed E-state index contributed by atoms with van der Waals surface area (Å²) in [7, 11) is -3.16. The zero-order chi connectivity index (χ0) is 18.1. The van der Waals surface area contributed by atoms with Crippen LogP contribution in [0.3, 0.4) is 0 Å². The molecule has 1 aliphatic carbocycles. The molecule has 1 aliphatic heterocycles. The molecule has 2 aliphatic rings. The van der Waals surface area contributed by atoms with E-state index in [-0.39, 0.29) is 17.0 Å². The topological polar surface area (TPSA) is 58.6 Å². The second-order valence-corrected chi connectivity index (χ2v) is 8.60.